The van der Waals surface area contributed by atoms with Gasteiger partial charge in [0.05, 0.1) is 0 Å². The van der Waals surface area contributed by atoms with Crippen molar-refractivity contribution in [3.8, 4) is 0 Å². The number of hydrogen-bond donors (Lipinski definition) is 3. The van der Waals surface area contributed by atoms with Crippen LogP contribution in [0.15, 0.2) is 0 Å². The molecule has 0 rings (SSSR count). The lowest BCUT2D eigenvalue weighted by Crippen LogP contribution is -2.25. The molecule has 0 aliphatic rings. The summed E-state index contributed by atoms with van der Waals surface area (Å²) in [6.45, 7) is 1.72. The number of nitrogens with two attached hydrogens (primary N) is 2. The van der Waals surface area contributed by atoms with Gasteiger partial charge in [0, 0.05) is 6.17 Å². The Kier molecular flexibility index (Phi) is 13.5. The van der Waals surface area contributed by atoms with Gasteiger partial charge in [-0.3, -0.25) is 0 Å². The molecular formula is C2H9N2O2P. The van der Waals surface area contributed by atoms with Gasteiger partial charge in [0.25, 0.3) is 0 Å². The molecule has 7 heavy (non-hydrogen) atoms. The summed E-state index contributed by atoms with van der Waals surface area (Å²) in [5.41, 5.74) is 9.78. The third-order valence-electron chi connectivity index (χ3n) is 0. The van der Waals surface area contributed by atoms with Crippen LogP contribution in [0.3, 0.4) is 0 Å². The molecule has 0 aliphatic carbocycles. The van der Waals surface area contributed by atoms with Gasteiger partial charge < -0.3 is 16.4 Å². The van der Waals surface area contributed by atoms with E-state index in [0.717, 1.165) is 0 Å². The zero-order valence-corrected chi connectivity index (χ0v) is 4.93. The summed E-state index contributed by atoms with van der Waals surface area (Å²) in [7, 11) is -0.833. The zero-order valence-electron chi connectivity index (χ0n) is 4.03. The smallest absolute Gasteiger partial charge is 0.316 e. The molecule has 0 radical (unpaired) electrons. The first-order valence-corrected chi connectivity index (χ1v) is 2.39. The third kappa shape index (κ3) is 237000. The fraction of sp³-hybridized carbons (Fsp3) is 1.00. The molecule has 5 N–H and O–H groups in total. The molecule has 5 heteroatoms. The molecule has 0 fully saturated rings. The highest BCUT2D eigenvalue weighted by Crippen LogP contribution is 1.66. The lowest BCUT2D eigenvalue weighted by Gasteiger charge is -1.83. The van der Waals surface area contributed by atoms with Crippen molar-refractivity contribution in [3.63, 3.8) is 0 Å². The van der Waals surface area contributed by atoms with Gasteiger partial charge in [0.1, 0.15) is 0 Å². The van der Waals surface area contributed by atoms with Gasteiger partial charge >= 0.3 is 8.69 Å². The standard InChI is InChI=1S/C2H8N2.HO2P/c1-2(3)4;1-3-2/h2H,3-4H2,1H3;(H,1,2). The van der Waals surface area contributed by atoms with Gasteiger partial charge in [-0.15, -0.1) is 0 Å². The normalized spacial score (nSPS) is 8.14. The van der Waals surface area contributed by atoms with E-state index < -0.39 is 8.69 Å². The monoisotopic (exact) mass is 124 g/mol. The first kappa shape index (κ1) is 10.1. The Bertz CT molecular complexity index is 37.9. The molecule has 0 heterocycles. The van der Waals surface area contributed by atoms with E-state index in [1.165, 1.54) is 0 Å². The van der Waals surface area contributed by atoms with Gasteiger partial charge in [-0.2, -0.15) is 0 Å². The SMILES string of the molecule is CC(N)N.O=PO. The van der Waals surface area contributed by atoms with Gasteiger partial charge in [-0.05, 0) is 6.92 Å². The minimum absolute atomic E-state index is 0.167. The Hall–Kier alpha value is -0.0200. The Morgan fingerprint density at radius 3 is 1.71 bits per heavy atom. The van der Waals surface area contributed by atoms with E-state index in [1.54, 1.807) is 6.92 Å². The summed E-state index contributed by atoms with van der Waals surface area (Å²) in [5, 5.41) is 0. The molecular weight excluding hydrogens is 115 g/mol. The van der Waals surface area contributed by atoms with E-state index in [-0.39, 0.29) is 6.17 Å². The highest BCUT2D eigenvalue weighted by molar-refractivity contribution is 7.16. The molecule has 0 aromatic carbocycles. The van der Waals surface area contributed by atoms with Gasteiger partial charge in [-0.25, -0.2) is 4.57 Å². The Morgan fingerprint density at radius 2 is 1.71 bits per heavy atom. The van der Waals surface area contributed by atoms with Crippen LogP contribution < -0.4 is 11.5 Å². The lowest BCUT2D eigenvalue weighted by atomic mass is 10.7. The average Bonchev–Trinajstić information content (AvgIpc) is 1.33. The molecule has 0 aliphatic heterocycles. The predicted molar refractivity (Wildman–Crippen MR) is 27.7 cm³/mol. The zero-order chi connectivity index (χ0) is 6.28. The van der Waals surface area contributed by atoms with E-state index >= 15 is 0 Å². The van der Waals surface area contributed by atoms with Crippen molar-refractivity contribution in [3.05, 3.63) is 0 Å². The summed E-state index contributed by atoms with van der Waals surface area (Å²) >= 11 is 0. The molecule has 0 saturated carbocycles. The van der Waals surface area contributed by atoms with Crippen molar-refractivity contribution < 1.29 is 9.46 Å². The van der Waals surface area contributed by atoms with E-state index in [2.05, 4.69) is 0 Å². The quantitative estimate of drug-likeness (QED) is 0.298. The molecule has 0 aromatic heterocycles. The van der Waals surface area contributed by atoms with Crippen LogP contribution in [0.25, 0.3) is 0 Å². The van der Waals surface area contributed by atoms with E-state index in [4.69, 9.17) is 20.9 Å². The van der Waals surface area contributed by atoms with Gasteiger partial charge in [-0.1, -0.05) is 0 Å². The molecule has 0 saturated heterocycles. The van der Waals surface area contributed by atoms with Crippen LogP contribution in [0.1, 0.15) is 6.92 Å². The predicted octanol–water partition coefficient (Wildman–Crippen LogP) is -0.565. The minimum atomic E-state index is -0.833. The van der Waals surface area contributed by atoms with E-state index in [1.807, 2.05) is 0 Å². The number of hydrogen-bond acceptors (Lipinski definition) is 3. The molecule has 0 aromatic rings. The summed E-state index contributed by atoms with van der Waals surface area (Å²) in [5.74, 6) is 0. The first-order chi connectivity index (χ1) is 3.15. The second kappa shape index (κ2) is 9.36. The highest BCUT2D eigenvalue weighted by Gasteiger charge is 1.66. The second-order valence-corrected chi connectivity index (χ2v) is 1.10. The maximum atomic E-state index is 8.46. The molecule has 0 atom stereocenters. The first-order valence-electron chi connectivity index (χ1n) is 1.63. The van der Waals surface area contributed by atoms with Crippen LogP contribution in [0.5, 0.6) is 0 Å². The Balaban J connectivity index is 0. The van der Waals surface area contributed by atoms with Crippen LogP contribution in [0.2, 0.25) is 0 Å². The molecule has 0 unspecified atom stereocenters. The second-order valence-electron chi connectivity index (χ2n) is 0.941. The van der Waals surface area contributed by atoms with Crippen molar-refractivity contribution in [1.82, 2.24) is 0 Å². The average molecular weight is 124 g/mol. The van der Waals surface area contributed by atoms with Crippen molar-refractivity contribution in [2.45, 2.75) is 13.1 Å². The Labute approximate surface area is 43.8 Å². The van der Waals surface area contributed by atoms with Crippen LogP contribution in [-0.4, -0.2) is 11.1 Å². The van der Waals surface area contributed by atoms with E-state index in [9.17, 15) is 0 Å². The molecule has 0 spiro atoms. The summed E-state index contributed by atoms with van der Waals surface area (Å²) in [4.78, 5) is 6.99. The van der Waals surface area contributed by atoms with Gasteiger partial charge in [0.15, 0.2) is 0 Å². The highest BCUT2D eigenvalue weighted by atomic mass is 31.1. The lowest BCUT2D eigenvalue weighted by molar-refractivity contribution is 0.524. The topological polar surface area (TPSA) is 89.3 Å². The van der Waals surface area contributed by atoms with Crippen LogP contribution in [-0.2, 0) is 4.57 Å². The van der Waals surface area contributed by atoms with Gasteiger partial charge in [0.2, 0.25) is 0 Å². The minimum Gasteiger partial charge on any atom is -0.316 e. The fourth-order valence-electron chi connectivity index (χ4n) is 0. The third-order valence-corrected chi connectivity index (χ3v) is 0. The van der Waals surface area contributed by atoms with Crippen LogP contribution >= 0.6 is 8.69 Å². The molecule has 0 bridgehead atoms. The maximum absolute atomic E-state index is 8.46. The van der Waals surface area contributed by atoms with Crippen LogP contribution in [0, 0.1) is 0 Å². The van der Waals surface area contributed by atoms with Crippen LogP contribution in [0.4, 0.5) is 0 Å². The van der Waals surface area contributed by atoms with Crippen molar-refractivity contribution >= 4 is 8.69 Å². The summed E-state index contributed by atoms with van der Waals surface area (Å²) < 4.78 is 8.46. The molecule has 0 amide bonds. The van der Waals surface area contributed by atoms with Crippen molar-refractivity contribution in [2.75, 3.05) is 0 Å². The summed E-state index contributed by atoms with van der Waals surface area (Å²) in [6.07, 6.45) is -0.167. The number of rotatable bonds is 0. The van der Waals surface area contributed by atoms with Crippen molar-refractivity contribution in [2.24, 2.45) is 11.5 Å². The summed E-state index contributed by atoms with van der Waals surface area (Å²) in [6, 6.07) is 0. The molecule has 44 valence electrons. The Morgan fingerprint density at radius 1 is 1.71 bits per heavy atom. The fourth-order valence-corrected chi connectivity index (χ4v) is 0. The maximum Gasteiger partial charge on any atom is 0.324 e. The van der Waals surface area contributed by atoms with E-state index in [0.29, 0.717) is 0 Å². The van der Waals surface area contributed by atoms with Crippen molar-refractivity contribution in [1.29, 1.82) is 0 Å². The largest absolute Gasteiger partial charge is 0.324 e. The molecule has 4 nitrogen and oxygen atoms in total.